The lowest BCUT2D eigenvalue weighted by atomic mass is 9.90. The normalized spacial score (nSPS) is 19.1. The summed E-state index contributed by atoms with van der Waals surface area (Å²) in [6.45, 7) is 7.59. The van der Waals surface area contributed by atoms with Gasteiger partial charge in [0, 0.05) is 11.1 Å². The van der Waals surface area contributed by atoms with Gasteiger partial charge in [0.05, 0.1) is 0 Å². The van der Waals surface area contributed by atoms with Crippen LogP contribution in [0.4, 0.5) is 0 Å². The third-order valence-electron chi connectivity index (χ3n) is 3.87. The molecule has 0 aromatic heterocycles. The summed E-state index contributed by atoms with van der Waals surface area (Å²) in [5.74, 6) is 1.60. The Hall–Kier alpha value is -0.530. The fourth-order valence-electron chi connectivity index (χ4n) is 2.52. The van der Waals surface area contributed by atoms with Crippen LogP contribution in [0.5, 0.6) is 0 Å². The van der Waals surface area contributed by atoms with Gasteiger partial charge in [0.15, 0.2) is 0 Å². The van der Waals surface area contributed by atoms with E-state index in [1.54, 1.807) is 0 Å². The van der Waals surface area contributed by atoms with Gasteiger partial charge in [-0.15, -0.1) is 0 Å². The van der Waals surface area contributed by atoms with Crippen LogP contribution in [0.15, 0.2) is 18.2 Å². The van der Waals surface area contributed by atoms with E-state index in [2.05, 4.69) is 44.3 Å². The van der Waals surface area contributed by atoms with Crippen LogP contribution in [0, 0.1) is 18.8 Å². The highest BCUT2D eigenvalue weighted by molar-refractivity contribution is 6.31. The van der Waals surface area contributed by atoms with Gasteiger partial charge in [-0.05, 0) is 55.3 Å². The van der Waals surface area contributed by atoms with E-state index in [1.807, 2.05) is 0 Å². The zero-order valence-corrected chi connectivity index (χ0v) is 11.7. The topological polar surface area (TPSA) is 12.0 Å². The molecule has 2 unspecified atom stereocenters. The fraction of sp³-hybridized carbons (Fsp3) is 0.600. The largest absolute Gasteiger partial charge is 0.310 e. The van der Waals surface area contributed by atoms with E-state index >= 15 is 0 Å². The summed E-state index contributed by atoms with van der Waals surface area (Å²) in [4.78, 5) is 0. The van der Waals surface area contributed by atoms with Crippen molar-refractivity contribution in [1.82, 2.24) is 5.32 Å². The summed E-state index contributed by atoms with van der Waals surface area (Å²) in [6.07, 6.45) is 2.78. The van der Waals surface area contributed by atoms with E-state index in [4.69, 9.17) is 11.6 Å². The number of aryl methyl sites for hydroxylation is 1. The van der Waals surface area contributed by atoms with Crippen LogP contribution in [-0.2, 0) is 0 Å². The minimum atomic E-state index is 0.450. The zero-order chi connectivity index (χ0) is 12.4. The average molecular weight is 252 g/mol. The lowest BCUT2D eigenvalue weighted by Gasteiger charge is -2.25. The first kappa shape index (κ1) is 12.9. The molecule has 1 aliphatic rings. The Morgan fingerprint density at radius 3 is 2.65 bits per heavy atom. The Balaban J connectivity index is 2.21. The number of benzene rings is 1. The van der Waals surface area contributed by atoms with Gasteiger partial charge >= 0.3 is 0 Å². The number of hydrogen-bond donors (Lipinski definition) is 1. The van der Waals surface area contributed by atoms with Crippen LogP contribution in [0.3, 0.4) is 0 Å². The Labute approximate surface area is 110 Å². The highest BCUT2D eigenvalue weighted by Crippen LogP contribution is 2.43. The third-order valence-corrected chi connectivity index (χ3v) is 4.28. The van der Waals surface area contributed by atoms with Crippen LogP contribution < -0.4 is 5.32 Å². The van der Waals surface area contributed by atoms with Crippen molar-refractivity contribution in [2.75, 3.05) is 6.54 Å². The van der Waals surface area contributed by atoms with Gasteiger partial charge in [0.25, 0.3) is 0 Å². The van der Waals surface area contributed by atoms with Gasteiger partial charge in [-0.1, -0.05) is 37.6 Å². The molecule has 2 atom stereocenters. The number of nitrogens with one attached hydrogen (secondary N) is 1. The molecular formula is C15H22ClN. The molecular weight excluding hydrogens is 230 g/mol. The maximum Gasteiger partial charge on any atom is 0.0438 e. The molecule has 2 rings (SSSR count). The standard InChI is InChI=1S/C15H22ClN/c1-4-17-15(11(3)12-7-8-12)13-6-5-10(2)14(16)9-13/h5-6,9,11-12,15,17H,4,7-8H2,1-3H3. The fourth-order valence-corrected chi connectivity index (χ4v) is 2.71. The van der Waals surface area contributed by atoms with Crippen molar-refractivity contribution in [3.8, 4) is 0 Å². The van der Waals surface area contributed by atoms with Crippen LogP contribution in [0.25, 0.3) is 0 Å². The molecule has 1 fully saturated rings. The maximum absolute atomic E-state index is 6.23. The highest BCUT2D eigenvalue weighted by Gasteiger charge is 2.33. The third kappa shape index (κ3) is 3.02. The first-order valence-corrected chi connectivity index (χ1v) is 7.00. The first-order valence-electron chi connectivity index (χ1n) is 6.63. The van der Waals surface area contributed by atoms with Crippen molar-refractivity contribution < 1.29 is 0 Å². The number of halogens is 1. The van der Waals surface area contributed by atoms with Crippen molar-refractivity contribution in [1.29, 1.82) is 0 Å². The van der Waals surface area contributed by atoms with Crippen molar-refractivity contribution >= 4 is 11.6 Å². The number of rotatable bonds is 5. The molecule has 0 bridgehead atoms. The molecule has 17 heavy (non-hydrogen) atoms. The molecule has 1 saturated carbocycles. The monoisotopic (exact) mass is 251 g/mol. The summed E-state index contributed by atoms with van der Waals surface area (Å²) in [5.41, 5.74) is 2.49. The molecule has 1 aromatic rings. The van der Waals surface area contributed by atoms with E-state index in [0.717, 1.165) is 23.0 Å². The zero-order valence-electron chi connectivity index (χ0n) is 11.0. The van der Waals surface area contributed by atoms with Gasteiger partial charge in [-0.3, -0.25) is 0 Å². The molecule has 0 saturated heterocycles. The quantitative estimate of drug-likeness (QED) is 0.821. The molecule has 0 radical (unpaired) electrons. The summed E-state index contributed by atoms with van der Waals surface area (Å²) >= 11 is 6.23. The molecule has 1 aliphatic carbocycles. The van der Waals surface area contributed by atoms with Crippen LogP contribution in [0.1, 0.15) is 43.9 Å². The smallest absolute Gasteiger partial charge is 0.0438 e. The van der Waals surface area contributed by atoms with Crippen LogP contribution in [0.2, 0.25) is 5.02 Å². The molecule has 1 N–H and O–H groups in total. The Kier molecular flexibility index (Phi) is 4.11. The minimum Gasteiger partial charge on any atom is -0.310 e. The van der Waals surface area contributed by atoms with Gasteiger partial charge < -0.3 is 5.32 Å². The summed E-state index contributed by atoms with van der Waals surface area (Å²) in [7, 11) is 0. The maximum atomic E-state index is 6.23. The van der Waals surface area contributed by atoms with Crippen LogP contribution in [-0.4, -0.2) is 6.54 Å². The Bertz CT molecular complexity index is 385. The molecule has 0 spiro atoms. The lowest BCUT2D eigenvalue weighted by Crippen LogP contribution is -2.27. The van der Waals surface area contributed by atoms with E-state index < -0.39 is 0 Å². The summed E-state index contributed by atoms with van der Waals surface area (Å²) in [5, 5.41) is 4.49. The Morgan fingerprint density at radius 2 is 2.12 bits per heavy atom. The second-order valence-corrected chi connectivity index (χ2v) is 5.65. The number of hydrogen-bond acceptors (Lipinski definition) is 1. The highest BCUT2D eigenvalue weighted by atomic mass is 35.5. The van der Waals surface area contributed by atoms with Gasteiger partial charge in [-0.2, -0.15) is 0 Å². The van der Waals surface area contributed by atoms with Crippen molar-refractivity contribution in [3.05, 3.63) is 34.3 Å². The minimum absolute atomic E-state index is 0.450. The molecule has 1 aromatic carbocycles. The molecule has 94 valence electrons. The second-order valence-electron chi connectivity index (χ2n) is 5.24. The molecule has 0 heterocycles. The van der Waals surface area contributed by atoms with Gasteiger partial charge in [-0.25, -0.2) is 0 Å². The van der Waals surface area contributed by atoms with E-state index in [9.17, 15) is 0 Å². The SMILES string of the molecule is CCNC(c1ccc(C)c(Cl)c1)C(C)C1CC1. The molecule has 0 amide bonds. The first-order chi connectivity index (χ1) is 8.13. The predicted molar refractivity (Wildman–Crippen MR) is 74.5 cm³/mol. The molecule has 2 heteroatoms. The lowest BCUT2D eigenvalue weighted by molar-refractivity contribution is 0.355. The van der Waals surface area contributed by atoms with Crippen molar-refractivity contribution in [2.24, 2.45) is 11.8 Å². The van der Waals surface area contributed by atoms with Gasteiger partial charge in [0.1, 0.15) is 0 Å². The molecule has 1 nitrogen and oxygen atoms in total. The Morgan fingerprint density at radius 1 is 1.41 bits per heavy atom. The summed E-state index contributed by atoms with van der Waals surface area (Å²) in [6, 6.07) is 6.92. The van der Waals surface area contributed by atoms with E-state index in [0.29, 0.717) is 12.0 Å². The van der Waals surface area contributed by atoms with E-state index in [1.165, 1.54) is 18.4 Å². The summed E-state index contributed by atoms with van der Waals surface area (Å²) < 4.78 is 0. The molecule has 0 aliphatic heterocycles. The van der Waals surface area contributed by atoms with Crippen molar-refractivity contribution in [3.63, 3.8) is 0 Å². The second kappa shape index (κ2) is 5.41. The van der Waals surface area contributed by atoms with Crippen LogP contribution >= 0.6 is 11.6 Å². The predicted octanol–water partition coefficient (Wildman–Crippen LogP) is 4.35. The van der Waals surface area contributed by atoms with Crippen molar-refractivity contribution in [2.45, 2.75) is 39.7 Å². The average Bonchev–Trinajstić information content (AvgIpc) is 3.13. The van der Waals surface area contributed by atoms with Gasteiger partial charge in [0.2, 0.25) is 0 Å². The van der Waals surface area contributed by atoms with E-state index in [-0.39, 0.29) is 0 Å².